The van der Waals surface area contributed by atoms with E-state index in [1.807, 2.05) is 71.1 Å². The zero-order chi connectivity index (χ0) is 52.6. The van der Waals surface area contributed by atoms with Gasteiger partial charge in [0.1, 0.15) is 24.4 Å². The molecule has 3 heterocycles. The van der Waals surface area contributed by atoms with Crippen molar-refractivity contribution >= 4 is 29.3 Å². The number of piperidine rings is 1. The number of allylic oxidation sites excluding steroid dienone is 5. The average Bonchev–Trinajstić information content (AvgIpc) is 3.34. The minimum absolute atomic E-state index is 0.0106. The van der Waals surface area contributed by atoms with Crippen LogP contribution in [-0.2, 0) is 52.4 Å². The Labute approximate surface area is 422 Å². The minimum Gasteiger partial charge on any atom is -0.479 e. The molecule has 0 spiro atoms. The number of rotatable bonds is 10. The predicted octanol–water partition coefficient (Wildman–Crippen LogP) is 6.51. The summed E-state index contributed by atoms with van der Waals surface area (Å²) in [6, 6.07) is -1.09. The molecule has 17 heteroatoms. The first-order valence-electron chi connectivity index (χ1n) is 25.7. The van der Waals surface area contributed by atoms with Gasteiger partial charge in [0.2, 0.25) is 12.4 Å². The van der Waals surface area contributed by atoms with Gasteiger partial charge in [-0.25, -0.2) is 9.59 Å². The number of fused-ring (bicyclic) bond motifs is 3. The van der Waals surface area contributed by atoms with Gasteiger partial charge in [0.25, 0.3) is 11.7 Å². The lowest BCUT2D eigenvalue weighted by molar-refractivity contribution is -0.265. The van der Waals surface area contributed by atoms with Gasteiger partial charge in [-0.15, -0.1) is 0 Å². The van der Waals surface area contributed by atoms with E-state index in [-0.39, 0.29) is 55.1 Å². The fraction of sp³-hybridized carbons (Fsp3) is 0.759. The van der Waals surface area contributed by atoms with E-state index in [1.54, 1.807) is 35.2 Å². The molecule has 3 fully saturated rings. The third-order valence-electron chi connectivity index (χ3n) is 15.3. The Bertz CT molecular complexity index is 1900. The zero-order valence-corrected chi connectivity index (χ0v) is 44.2. The molecule has 402 valence electrons. The molecule has 0 radical (unpaired) electrons. The van der Waals surface area contributed by atoms with Gasteiger partial charge in [0, 0.05) is 65.6 Å². The summed E-state index contributed by atoms with van der Waals surface area (Å²) >= 11 is 0. The van der Waals surface area contributed by atoms with Crippen molar-refractivity contribution in [2.45, 2.75) is 186 Å². The number of cyclic esters (lactones) is 1. The highest BCUT2D eigenvalue weighted by molar-refractivity contribution is 6.39. The topological polar surface area (TPSA) is 229 Å². The zero-order valence-electron chi connectivity index (χ0n) is 44.2. The van der Waals surface area contributed by atoms with E-state index in [9.17, 15) is 39.6 Å². The van der Waals surface area contributed by atoms with Gasteiger partial charge in [-0.2, -0.15) is 0 Å². The molecule has 0 unspecified atom stereocenters. The van der Waals surface area contributed by atoms with Crippen molar-refractivity contribution in [2.75, 3.05) is 41.6 Å². The summed E-state index contributed by atoms with van der Waals surface area (Å²) in [4.78, 5) is 61.3. The summed E-state index contributed by atoms with van der Waals surface area (Å²) in [5.41, 5.74) is 1.74. The Kier molecular flexibility index (Phi) is 24.1. The number of hydrogen-bond acceptors (Lipinski definition) is 15. The summed E-state index contributed by atoms with van der Waals surface area (Å²) in [5.74, 6) is -7.83. The molecule has 1 saturated carbocycles. The molecule has 2 bridgehead atoms. The first kappa shape index (κ1) is 59.8. The van der Waals surface area contributed by atoms with Gasteiger partial charge in [-0.1, -0.05) is 76.2 Å². The summed E-state index contributed by atoms with van der Waals surface area (Å²) in [6.45, 7) is 12.7. The summed E-state index contributed by atoms with van der Waals surface area (Å²) in [7, 11) is 6.19. The molecule has 0 aromatic heterocycles. The lowest BCUT2D eigenvalue weighted by Gasteiger charge is -2.43. The van der Waals surface area contributed by atoms with Crippen LogP contribution in [0.5, 0.6) is 0 Å². The van der Waals surface area contributed by atoms with Gasteiger partial charge < -0.3 is 58.6 Å². The van der Waals surface area contributed by atoms with Crippen molar-refractivity contribution in [1.82, 2.24) is 4.90 Å². The number of ketones is 1. The number of carboxylic acid groups (broad SMARTS) is 1. The minimum atomic E-state index is -2.42. The predicted molar refractivity (Wildman–Crippen MR) is 267 cm³/mol. The fourth-order valence-electron chi connectivity index (χ4n) is 10.9. The highest BCUT2D eigenvalue weighted by Crippen LogP contribution is 2.38. The van der Waals surface area contributed by atoms with Gasteiger partial charge >= 0.3 is 11.9 Å². The SMILES string of the molecule is CO[C@H]1C[C@@H]2CC[C@@H](C)[C@@](O)(O2)C(=O)C(=O)N2CCCC[C@H]2C(=O)O[C@H]([C@H](C)C[C@@H]2CC[C@@H](O)[C@H](OC)C2)C[C@@H](OC)[C@H](C)/C=C(\C)[C@@H](O)[C@@H](OC)/C(=N/OCC(=O)O)[C@H](C)C[C@H](C)/C=C/C=CC=C1C. The number of aliphatic hydroxyl groups excluding tert-OH is 2. The monoisotopic (exact) mass is 1000 g/mol. The van der Waals surface area contributed by atoms with Crippen LogP contribution >= 0.6 is 0 Å². The van der Waals surface area contributed by atoms with Crippen LogP contribution in [0.25, 0.3) is 0 Å². The smallest absolute Gasteiger partial charge is 0.344 e. The Morgan fingerprint density at radius 3 is 2.24 bits per heavy atom. The molecule has 16 atom stereocenters. The molecule has 17 nitrogen and oxygen atoms in total. The van der Waals surface area contributed by atoms with E-state index in [2.05, 4.69) is 5.16 Å². The van der Waals surface area contributed by atoms with Crippen LogP contribution in [0.4, 0.5) is 0 Å². The van der Waals surface area contributed by atoms with Gasteiger partial charge in [0.15, 0.2) is 0 Å². The molecular formula is C54H86N2O15. The summed E-state index contributed by atoms with van der Waals surface area (Å²) < 4.78 is 36.2. The summed E-state index contributed by atoms with van der Waals surface area (Å²) in [6.07, 6.45) is 12.1. The Hall–Kier alpha value is -3.81. The van der Waals surface area contributed by atoms with E-state index in [4.69, 9.17) is 33.3 Å². The maximum Gasteiger partial charge on any atom is 0.344 e. The van der Waals surface area contributed by atoms with Crippen LogP contribution in [-0.4, -0.2) is 157 Å². The number of nitrogens with zero attached hydrogens (tertiary/aromatic N) is 2. The maximum absolute atomic E-state index is 14.6. The number of carbonyl (C=O) groups is 4. The molecule has 0 aromatic rings. The molecule has 71 heavy (non-hydrogen) atoms. The number of aliphatic carboxylic acids is 1. The second-order valence-corrected chi connectivity index (χ2v) is 20.8. The van der Waals surface area contributed by atoms with E-state index in [0.717, 1.165) is 12.0 Å². The number of hydrogen-bond donors (Lipinski definition) is 4. The van der Waals surface area contributed by atoms with E-state index in [1.165, 1.54) is 12.0 Å². The molecule has 4 rings (SSSR count). The molecule has 4 N–H and O–H groups in total. The first-order chi connectivity index (χ1) is 33.7. The average molecular weight is 1000 g/mol. The standard InChI is InChI=1S/C54H86N2O15/c1-32-17-13-12-14-18-33(2)43(65-8)29-40-22-20-38(7)54(64,71-40)51(61)52(62)56-24-16-15-19-41(56)53(63)70-45(35(4)27-39-21-23-42(57)46(28-39)67-10)30-44(66-9)34(3)26-37(6)49(60)50(68-11)48(36(5)25-32)55-69-31-47(58)59/h12-14,17-18,26,32,34-36,38-46,49-50,57,60,64H,15-16,19-25,27-31H2,1-11H3,(H,58,59)/b14-12?,17-13+,33-18?,37-26+,55-48+/t32-,34-,35-,36-,38-,39+,40+,41+,42-,43+,44-,45+,46-,49-,50+,54-/m1/s1. The van der Waals surface area contributed by atoms with Crippen LogP contribution in [0, 0.1) is 35.5 Å². The lowest BCUT2D eigenvalue weighted by Crippen LogP contribution is -2.61. The van der Waals surface area contributed by atoms with Crippen LogP contribution in [0.15, 0.2) is 52.8 Å². The van der Waals surface area contributed by atoms with Gasteiger partial charge in [0.05, 0.1) is 36.2 Å². The van der Waals surface area contributed by atoms with Gasteiger partial charge in [-0.05, 0) is 107 Å². The van der Waals surface area contributed by atoms with Crippen molar-refractivity contribution in [1.29, 1.82) is 0 Å². The van der Waals surface area contributed by atoms with Crippen LogP contribution in [0.1, 0.15) is 126 Å². The van der Waals surface area contributed by atoms with Crippen LogP contribution < -0.4 is 0 Å². The van der Waals surface area contributed by atoms with Crippen molar-refractivity contribution in [3.05, 3.63) is 47.6 Å². The highest BCUT2D eigenvalue weighted by atomic mass is 16.6. The van der Waals surface area contributed by atoms with Crippen molar-refractivity contribution in [3.8, 4) is 0 Å². The van der Waals surface area contributed by atoms with E-state index < -0.39 is 90.7 Å². The van der Waals surface area contributed by atoms with E-state index >= 15 is 0 Å². The van der Waals surface area contributed by atoms with Crippen molar-refractivity contribution in [3.63, 3.8) is 0 Å². The number of ether oxygens (including phenoxy) is 6. The Balaban J connectivity index is 1.77. The van der Waals surface area contributed by atoms with Crippen molar-refractivity contribution in [2.24, 2.45) is 40.7 Å². The fourth-order valence-corrected chi connectivity index (χ4v) is 10.9. The number of aliphatic hydroxyl groups is 3. The number of methoxy groups -OCH3 is 4. The third-order valence-corrected chi connectivity index (χ3v) is 15.3. The molecular weight excluding hydrogens is 917 g/mol. The lowest BCUT2D eigenvalue weighted by atomic mass is 9.78. The van der Waals surface area contributed by atoms with Gasteiger partial charge in [-0.3, -0.25) is 9.59 Å². The third kappa shape index (κ3) is 16.6. The first-order valence-corrected chi connectivity index (χ1v) is 25.7. The number of oxime groups is 1. The summed E-state index contributed by atoms with van der Waals surface area (Å²) in [5, 5.41) is 48.1. The molecule has 3 aliphatic heterocycles. The number of Topliss-reactive ketones (excluding diaryl/α,β-unsaturated/α-hetero) is 1. The number of amides is 1. The van der Waals surface area contributed by atoms with E-state index in [0.29, 0.717) is 69.1 Å². The number of esters is 1. The van der Waals surface area contributed by atoms with Crippen LogP contribution in [0.2, 0.25) is 0 Å². The maximum atomic E-state index is 14.6. The normalized spacial score (nSPS) is 38.3. The molecule has 0 aromatic carbocycles. The molecule has 2 saturated heterocycles. The van der Waals surface area contributed by atoms with Crippen molar-refractivity contribution < 1.29 is 72.9 Å². The second-order valence-electron chi connectivity index (χ2n) is 20.8. The Morgan fingerprint density at radius 2 is 1.58 bits per heavy atom. The number of carboxylic acids is 1. The molecule has 1 amide bonds. The highest BCUT2D eigenvalue weighted by Gasteiger charge is 2.53. The molecule has 4 aliphatic rings. The van der Waals surface area contributed by atoms with Crippen LogP contribution in [0.3, 0.4) is 0 Å². The Morgan fingerprint density at radius 1 is 0.859 bits per heavy atom. The second kappa shape index (κ2) is 28.6. The molecule has 1 aliphatic carbocycles. The quantitative estimate of drug-likeness (QED) is 0.0791. The number of carbonyl (C=O) groups excluding carboxylic acids is 3. The largest absolute Gasteiger partial charge is 0.479 e.